The van der Waals surface area contributed by atoms with Gasteiger partial charge in [0.25, 0.3) is 0 Å². The van der Waals surface area contributed by atoms with E-state index in [1.807, 2.05) is 23.1 Å². The van der Waals surface area contributed by atoms with E-state index in [-0.39, 0.29) is 5.56 Å². The molecule has 1 saturated carbocycles. The molecular formula is C17H16N2O2. The molecule has 1 aliphatic carbocycles. The van der Waals surface area contributed by atoms with E-state index in [0.717, 1.165) is 6.54 Å². The van der Waals surface area contributed by atoms with E-state index >= 15 is 0 Å². The second-order valence-corrected chi connectivity index (χ2v) is 5.38. The maximum Gasteiger partial charge on any atom is 0.336 e. The van der Waals surface area contributed by atoms with Crippen LogP contribution in [-0.4, -0.2) is 29.1 Å². The third-order valence-electron chi connectivity index (χ3n) is 3.71. The number of hydrogen-bond acceptors (Lipinski definition) is 3. The summed E-state index contributed by atoms with van der Waals surface area (Å²) >= 11 is 0. The van der Waals surface area contributed by atoms with Crippen LogP contribution >= 0.6 is 0 Å². The van der Waals surface area contributed by atoms with E-state index in [0.29, 0.717) is 29.2 Å². The van der Waals surface area contributed by atoms with Crippen LogP contribution < -0.4 is 4.90 Å². The molecule has 2 aromatic rings. The van der Waals surface area contributed by atoms with Gasteiger partial charge in [-0.2, -0.15) is 0 Å². The lowest BCUT2D eigenvalue weighted by Crippen LogP contribution is -2.27. The maximum atomic E-state index is 11.5. The molecule has 4 nitrogen and oxygen atoms in total. The van der Waals surface area contributed by atoms with Gasteiger partial charge in [-0.25, -0.2) is 9.78 Å². The van der Waals surface area contributed by atoms with Crippen molar-refractivity contribution in [2.24, 2.45) is 5.92 Å². The number of hydrogen-bond donors (Lipinski definition) is 1. The van der Waals surface area contributed by atoms with Crippen molar-refractivity contribution >= 4 is 22.7 Å². The second kappa shape index (κ2) is 5.45. The van der Waals surface area contributed by atoms with E-state index < -0.39 is 5.97 Å². The summed E-state index contributed by atoms with van der Waals surface area (Å²) in [7, 11) is 0. The fourth-order valence-electron chi connectivity index (χ4n) is 2.46. The van der Waals surface area contributed by atoms with Crippen LogP contribution in [0.5, 0.6) is 0 Å². The van der Waals surface area contributed by atoms with Crippen molar-refractivity contribution in [3.05, 3.63) is 35.9 Å². The molecule has 1 aromatic carbocycles. The number of carbonyl (C=O) groups is 1. The van der Waals surface area contributed by atoms with Gasteiger partial charge in [-0.1, -0.05) is 24.1 Å². The molecular weight excluding hydrogens is 264 g/mol. The van der Waals surface area contributed by atoms with Gasteiger partial charge in [-0.05, 0) is 30.9 Å². The highest BCUT2D eigenvalue weighted by atomic mass is 16.4. The Morgan fingerprint density at radius 2 is 2.19 bits per heavy atom. The van der Waals surface area contributed by atoms with E-state index in [1.54, 1.807) is 12.1 Å². The van der Waals surface area contributed by atoms with Crippen molar-refractivity contribution in [3.63, 3.8) is 0 Å². The van der Waals surface area contributed by atoms with Crippen LogP contribution in [0, 0.1) is 18.3 Å². The molecule has 1 N–H and O–H groups in total. The number of terminal acetylenes is 1. The number of anilines is 1. The number of aromatic nitrogens is 1. The summed E-state index contributed by atoms with van der Waals surface area (Å²) in [6.45, 7) is 1.29. The zero-order valence-electron chi connectivity index (χ0n) is 11.6. The summed E-state index contributed by atoms with van der Waals surface area (Å²) in [5.74, 6) is 2.99. The number of carboxylic acid groups (broad SMARTS) is 1. The molecule has 0 aliphatic heterocycles. The predicted octanol–water partition coefficient (Wildman–Crippen LogP) is 2.78. The zero-order valence-corrected chi connectivity index (χ0v) is 11.6. The lowest BCUT2D eigenvalue weighted by molar-refractivity contribution is 0.0699. The van der Waals surface area contributed by atoms with Crippen molar-refractivity contribution in [3.8, 4) is 12.3 Å². The number of fused-ring (bicyclic) bond motifs is 1. The fourth-order valence-corrected chi connectivity index (χ4v) is 2.46. The quantitative estimate of drug-likeness (QED) is 0.856. The van der Waals surface area contributed by atoms with E-state index in [4.69, 9.17) is 6.42 Å². The highest BCUT2D eigenvalue weighted by molar-refractivity contribution is 6.03. The molecule has 1 aliphatic rings. The van der Waals surface area contributed by atoms with E-state index in [9.17, 15) is 9.90 Å². The molecule has 1 aromatic heterocycles. The zero-order chi connectivity index (χ0) is 14.8. The van der Waals surface area contributed by atoms with Gasteiger partial charge in [0.2, 0.25) is 0 Å². The Hall–Kier alpha value is -2.54. The smallest absolute Gasteiger partial charge is 0.336 e. The molecule has 0 radical (unpaired) electrons. The number of carboxylic acids is 1. The number of pyridine rings is 1. The highest BCUT2D eigenvalue weighted by Crippen LogP contribution is 2.32. The van der Waals surface area contributed by atoms with E-state index in [2.05, 4.69) is 10.9 Å². The minimum Gasteiger partial charge on any atom is -0.478 e. The van der Waals surface area contributed by atoms with Crippen LogP contribution in [0.1, 0.15) is 23.2 Å². The first kappa shape index (κ1) is 13.4. The standard InChI is InChI=1S/C17H16N2O2/c1-2-9-19(11-12-7-8-12)16-10-14(17(20)21)13-5-3-4-6-15(13)18-16/h1,3-6,10,12H,7-9,11H2,(H,20,21). The summed E-state index contributed by atoms with van der Waals surface area (Å²) in [6.07, 6.45) is 7.86. The van der Waals surface area contributed by atoms with Gasteiger partial charge in [-0.15, -0.1) is 6.42 Å². The number of benzene rings is 1. The van der Waals surface area contributed by atoms with Crippen LogP contribution in [0.15, 0.2) is 30.3 Å². The van der Waals surface area contributed by atoms with E-state index in [1.165, 1.54) is 12.8 Å². The van der Waals surface area contributed by atoms with Gasteiger partial charge >= 0.3 is 5.97 Å². The lowest BCUT2D eigenvalue weighted by atomic mass is 10.1. The fraction of sp³-hybridized carbons (Fsp3) is 0.294. The molecule has 1 fully saturated rings. The molecule has 3 rings (SSSR count). The van der Waals surface area contributed by atoms with Gasteiger partial charge in [0.1, 0.15) is 5.82 Å². The van der Waals surface area contributed by atoms with Gasteiger partial charge in [-0.3, -0.25) is 0 Å². The monoisotopic (exact) mass is 280 g/mol. The SMILES string of the molecule is C#CCN(CC1CC1)c1cc(C(=O)O)c2ccccc2n1. The number of rotatable bonds is 5. The summed E-state index contributed by atoms with van der Waals surface area (Å²) in [4.78, 5) is 18.1. The van der Waals surface area contributed by atoms with Crippen LogP contribution in [0.2, 0.25) is 0 Å². The van der Waals surface area contributed by atoms with Crippen LogP contribution in [-0.2, 0) is 0 Å². The van der Waals surface area contributed by atoms with Gasteiger partial charge < -0.3 is 10.0 Å². The first-order valence-corrected chi connectivity index (χ1v) is 7.00. The van der Waals surface area contributed by atoms with Gasteiger partial charge in [0, 0.05) is 11.9 Å². The highest BCUT2D eigenvalue weighted by Gasteiger charge is 2.25. The number of para-hydroxylation sites is 1. The molecule has 106 valence electrons. The first-order valence-electron chi connectivity index (χ1n) is 7.00. The molecule has 4 heteroatoms. The average molecular weight is 280 g/mol. The Labute approximate surface area is 123 Å². The summed E-state index contributed by atoms with van der Waals surface area (Å²) < 4.78 is 0. The predicted molar refractivity (Wildman–Crippen MR) is 82.5 cm³/mol. The Morgan fingerprint density at radius 3 is 2.86 bits per heavy atom. The van der Waals surface area contributed by atoms with Crippen molar-refractivity contribution in [2.75, 3.05) is 18.0 Å². The van der Waals surface area contributed by atoms with Crippen LogP contribution in [0.25, 0.3) is 10.9 Å². The number of nitrogens with zero attached hydrogens (tertiary/aromatic N) is 2. The molecule has 21 heavy (non-hydrogen) atoms. The molecule has 1 heterocycles. The Kier molecular flexibility index (Phi) is 3.49. The topological polar surface area (TPSA) is 53.4 Å². The maximum absolute atomic E-state index is 11.5. The molecule has 0 bridgehead atoms. The normalized spacial score (nSPS) is 13.9. The van der Waals surface area contributed by atoms with Crippen molar-refractivity contribution in [1.29, 1.82) is 0 Å². The van der Waals surface area contributed by atoms with Gasteiger partial charge in [0.15, 0.2) is 0 Å². The van der Waals surface area contributed by atoms with Crippen molar-refractivity contribution < 1.29 is 9.90 Å². The Bertz CT molecular complexity index is 729. The minimum atomic E-state index is -0.943. The third kappa shape index (κ3) is 2.82. The first-order chi connectivity index (χ1) is 10.2. The number of aromatic carboxylic acids is 1. The largest absolute Gasteiger partial charge is 0.478 e. The summed E-state index contributed by atoms with van der Waals surface area (Å²) in [6, 6.07) is 8.92. The average Bonchev–Trinajstić information content (AvgIpc) is 3.29. The van der Waals surface area contributed by atoms with Crippen LogP contribution in [0.3, 0.4) is 0 Å². The van der Waals surface area contributed by atoms with Crippen LogP contribution in [0.4, 0.5) is 5.82 Å². The van der Waals surface area contributed by atoms with Gasteiger partial charge in [0.05, 0.1) is 17.6 Å². The lowest BCUT2D eigenvalue weighted by Gasteiger charge is -2.22. The molecule has 0 unspecified atom stereocenters. The molecule has 0 amide bonds. The van der Waals surface area contributed by atoms with Crippen molar-refractivity contribution in [1.82, 2.24) is 4.98 Å². The summed E-state index contributed by atoms with van der Waals surface area (Å²) in [5.41, 5.74) is 0.957. The summed E-state index contributed by atoms with van der Waals surface area (Å²) in [5, 5.41) is 10.1. The second-order valence-electron chi connectivity index (χ2n) is 5.38. The molecule has 0 atom stereocenters. The van der Waals surface area contributed by atoms with Crippen molar-refractivity contribution in [2.45, 2.75) is 12.8 Å². The third-order valence-corrected chi connectivity index (χ3v) is 3.71. The Morgan fingerprint density at radius 1 is 1.43 bits per heavy atom. The minimum absolute atomic E-state index is 0.272. The molecule has 0 saturated heterocycles. The molecule has 0 spiro atoms. The Balaban J connectivity index is 2.08.